The first kappa shape index (κ1) is 12.8. The van der Waals surface area contributed by atoms with E-state index in [0.29, 0.717) is 0 Å². The summed E-state index contributed by atoms with van der Waals surface area (Å²) in [6.07, 6.45) is -4.82. The summed E-state index contributed by atoms with van der Waals surface area (Å²) in [6, 6.07) is 2.19. The Bertz CT molecular complexity index is 454. The third-order valence-electron chi connectivity index (χ3n) is 2.56. The van der Waals surface area contributed by atoms with Crippen LogP contribution in [0.2, 0.25) is 0 Å². The molecular weight excluding hydrogens is 308 g/mol. The van der Waals surface area contributed by atoms with E-state index in [9.17, 15) is 22.7 Å². The molecule has 0 aliphatic carbocycles. The second-order valence-electron chi connectivity index (χ2n) is 3.81. The van der Waals surface area contributed by atoms with E-state index < -0.39 is 27.6 Å². The summed E-state index contributed by atoms with van der Waals surface area (Å²) in [4.78, 5) is 0. The van der Waals surface area contributed by atoms with Gasteiger partial charge in [0, 0.05) is 10.0 Å². The molecule has 2 nitrogen and oxygen atoms in total. The van der Waals surface area contributed by atoms with E-state index in [2.05, 4.69) is 15.9 Å². The third-order valence-corrected chi connectivity index (χ3v) is 3.22. The number of hydrogen-bond acceptors (Lipinski definition) is 2. The lowest BCUT2D eigenvalue weighted by Crippen LogP contribution is -2.47. The van der Waals surface area contributed by atoms with E-state index in [4.69, 9.17) is 4.74 Å². The summed E-state index contributed by atoms with van der Waals surface area (Å²) in [7, 11) is 0. The monoisotopic (exact) mass is 314 g/mol. The Labute approximate surface area is 102 Å². The summed E-state index contributed by atoms with van der Waals surface area (Å²) in [5.41, 5.74) is -3.46. The molecule has 1 aromatic rings. The predicted octanol–water partition coefficient (Wildman–Crippen LogP) is 2.82. The molecule has 0 unspecified atom stereocenters. The topological polar surface area (TPSA) is 29.5 Å². The summed E-state index contributed by atoms with van der Waals surface area (Å²) in [6.45, 7) is -0.411. The van der Waals surface area contributed by atoms with Crippen molar-refractivity contribution in [2.45, 2.75) is 11.8 Å². The number of halogens is 5. The van der Waals surface area contributed by atoms with Crippen LogP contribution in [0.25, 0.3) is 0 Å². The van der Waals surface area contributed by atoms with Crippen LogP contribution >= 0.6 is 15.9 Å². The lowest BCUT2D eigenvalue weighted by Gasteiger charge is -2.37. The zero-order valence-corrected chi connectivity index (χ0v) is 9.90. The first-order valence-corrected chi connectivity index (χ1v) is 5.41. The Morgan fingerprint density at radius 3 is 2.29 bits per heavy atom. The van der Waals surface area contributed by atoms with Crippen molar-refractivity contribution in [3.8, 4) is 0 Å². The molecule has 17 heavy (non-hydrogen) atoms. The second-order valence-corrected chi connectivity index (χ2v) is 4.66. The van der Waals surface area contributed by atoms with Crippen LogP contribution in [0.5, 0.6) is 0 Å². The van der Waals surface area contributed by atoms with Crippen LogP contribution in [0.15, 0.2) is 16.6 Å². The first-order valence-electron chi connectivity index (χ1n) is 4.61. The molecule has 1 saturated heterocycles. The number of hydrogen-bond donors (Lipinski definition) is 1. The van der Waals surface area contributed by atoms with Crippen molar-refractivity contribution in [3.05, 3.63) is 33.5 Å². The van der Waals surface area contributed by atoms with Gasteiger partial charge in [-0.3, -0.25) is 0 Å². The van der Waals surface area contributed by atoms with Gasteiger partial charge in [0.1, 0.15) is 17.0 Å². The van der Waals surface area contributed by atoms with Gasteiger partial charge in [-0.15, -0.1) is 0 Å². The zero-order valence-electron chi connectivity index (χ0n) is 8.31. The van der Waals surface area contributed by atoms with Gasteiger partial charge in [0.05, 0.1) is 13.2 Å². The standard InChI is InChI=1S/C10H7BrF4O2/c11-6-2-1-5(9(16)3-17-4-9)8(12)7(6)10(13,14)15/h1-2,16H,3-4H2. The molecule has 1 aliphatic heterocycles. The number of ether oxygens (including phenoxy) is 1. The molecule has 94 valence electrons. The van der Waals surface area contributed by atoms with Gasteiger partial charge in [0.25, 0.3) is 0 Å². The zero-order chi connectivity index (χ0) is 12.8. The molecule has 0 radical (unpaired) electrons. The highest BCUT2D eigenvalue weighted by molar-refractivity contribution is 9.10. The van der Waals surface area contributed by atoms with Crippen molar-refractivity contribution in [1.29, 1.82) is 0 Å². The van der Waals surface area contributed by atoms with Crippen LogP contribution in [-0.2, 0) is 16.5 Å². The largest absolute Gasteiger partial charge is 0.420 e. The Hall–Kier alpha value is -0.660. The Morgan fingerprint density at radius 2 is 1.88 bits per heavy atom. The van der Waals surface area contributed by atoms with E-state index in [0.717, 1.165) is 12.1 Å². The van der Waals surface area contributed by atoms with Crippen LogP contribution < -0.4 is 0 Å². The summed E-state index contributed by atoms with van der Waals surface area (Å²) in [5.74, 6) is -1.46. The quantitative estimate of drug-likeness (QED) is 0.808. The average Bonchev–Trinajstić information content (AvgIpc) is 2.12. The maximum atomic E-state index is 13.8. The SMILES string of the molecule is OC1(c2ccc(Br)c(C(F)(F)F)c2F)COC1. The van der Waals surface area contributed by atoms with Gasteiger partial charge in [0.15, 0.2) is 0 Å². The average molecular weight is 315 g/mol. The maximum absolute atomic E-state index is 13.8. The van der Waals surface area contributed by atoms with Crippen molar-refractivity contribution in [3.63, 3.8) is 0 Å². The van der Waals surface area contributed by atoms with Gasteiger partial charge < -0.3 is 9.84 Å². The van der Waals surface area contributed by atoms with E-state index in [-0.39, 0.29) is 18.8 Å². The number of rotatable bonds is 1. The van der Waals surface area contributed by atoms with Gasteiger partial charge >= 0.3 is 6.18 Å². The predicted molar refractivity (Wildman–Crippen MR) is 53.8 cm³/mol. The molecule has 7 heteroatoms. The van der Waals surface area contributed by atoms with Crippen molar-refractivity contribution in [2.24, 2.45) is 0 Å². The van der Waals surface area contributed by atoms with Gasteiger partial charge in [-0.25, -0.2) is 4.39 Å². The maximum Gasteiger partial charge on any atom is 0.420 e. The van der Waals surface area contributed by atoms with E-state index >= 15 is 0 Å². The number of alkyl halides is 3. The van der Waals surface area contributed by atoms with Gasteiger partial charge in [0.2, 0.25) is 0 Å². The second kappa shape index (κ2) is 3.93. The summed E-state index contributed by atoms with van der Waals surface area (Å²) < 4.78 is 55.9. The minimum absolute atomic E-state index is 0.206. The molecule has 0 saturated carbocycles. The van der Waals surface area contributed by atoms with Gasteiger partial charge in [-0.1, -0.05) is 22.0 Å². The van der Waals surface area contributed by atoms with Crippen molar-refractivity contribution in [1.82, 2.24) is 0 Å². The lowest BCUT2D eigenvalue weighted by molar-refractivity contribution is -0.187. The molecule has 1 aliphatic rings. The fourth-order valence-corrected chi connectivity index (χ4v) is 2.15. The highest BCUT2D eigenvalue weighted by atomic mass is 79.9. The summed E-state index contributed by atoms with van der Waals surface area (Å²) in [5, 5.41) is 9.80. The van der Waals surface area contributed by atoms with Gasteiger partial charge in [-0.2, -0.15) is 13.2 Å². The molecule has 0 atom stereocenters. The molecule has 1 heterocycles. The van der Waals surface area contributed by atoms with E-state index in [1.54, 1.807) is 0 Å². The van der Waals surface area contributed by atoms with Crippen LogP contribution in [0.4, 0.5) is 17.6 Å². The van der Waals surface area contributed by atoms with Crippen LogP contribution in [-0.4, -0.2) is 18.3 Å². The lowest BCUT2D eigenvalue weighted by atomic mass is 9.90. The molecule has 1 N–H and O–H groups in total. The molecule has 0 amide bonds. The molecular formula is C10H7BrF4O2. The van der Waals surface area contributed by atoms with Crippen molar-refractivity contribution in [2.75, 3.05) is 13.2 Å². The first-order chi connectivity index (χ1) is 7.76. The molecule has 2 rings (SSSR count). The fourth-order valence-electron chi connectivity index (χ4n) is 1.62. The fraction of sp³-hybridized carbons (Fsp3) is 0.400. The minimum atomic E-state index is -4.82. The van der Waals surface area contributed by atoms with Crippen LogP contribution in [0.1, 0.15) is 11.1 Å². The highest BCUT2D eigenvalue weighted by Gasteiger charge is 2.44. The van der Waals surface area contributed by atoms with E-state index in [1.165, 1.54) is 0 Å². The Morgan fingerprint density at radius 1 is 1.29 bits per heavy atom. The molecule has 0 spiro atoms. The smallest absolute Gasteiger partial charge is 0.380 e. The van der Waals surface area contributed by atoms with Crippen molar-refractivity contribution < 1.29 is 27.4 Å². The third kappa shape index (κ3) is 2.07. The van der Waals surface area contributed by atoms with Crippen LogP contribution in [0, 0.1) is 5.82 Å². The molecule has 0 bridgehead atoms. The van der Waals surface area contributed by atoms with Crippen LogP contribution in [0.3, 0.4) is 0 Å². The normalized spacial score (nSPS) is 18.9. The van der Waals surface area contributed by atoms with E-state index in [1.807, 2.05) is 0 Å². The van der Waals surface area contributed by atoms with Gasteiger partial charge in [-0.05, 0) is 6.07 Å². The molecule has 1 fully saturated rings. The Balaban J connectivity index is 2.58. The van der Waals surface area contributed by atoms with Crippen molar-refractivity contribution >= 4 is 15.9 Å². The number of benzene rings is 1. The minimum Gasteiger partial charge on any atom is -0.380 e. The molecule has 0 aromatic heterocycles. The Kier molecular flexibility index (Phi) is 2.95. The highest BCUT2D eigenvalue weighted by Crippen LogP contribution is 2.41. The molecule has 1 aromatic carbocycles. The number of aliphatic hydroxyl groups is 1. The summed E-state index contributed by atoms with van der Waals surface area (Å²) >= 11 is 2.65.